The van der Waals surface area contributed by atoms with Gasteiger partial charge in [-0.2, -0.15) is 8.42 Å². The average molecular weight is 288 g/mol. The first-order chi connectivity index (χ1) is 9.60. The van der Waals surface area contributed by atoms with Crippen molar-refractivity contribution in [2.24, 2.45) is 10.1 Å². The van der Waals surface area contributed by atoms with Gasteiger partial charge in [-0.1, -0.05) is 24.3 Å². The molecule has 1 aliphatic rings. The second-order valence-electron chi connectivity index (χ2n) is 4.32. The van der Waals surface area contributed by atoms with Gasteiger partial charge in [-0.25, -0.2) is 0 Å². The van der Waals surface area contributed by atoms with Gasteiger partial charge in [0.25, 0.3) is 10.0 Å². The smallest absolute Gasteiger partial charge is 0.286 e. The van der Waals surface area contributed by atoms with Crippen LogP contribution < -0.4 is 10.5 Å². The zero-order valence-electron chi connectivity index (χ0n) is 10.5. The molecule has 0 unspecified atom stereocenters. The van der Waals surface area contributed by atoms with Gasteiger partial charge in [0.15, 0.2) is 0 Å². The summed E-state index contributed by atoms with van der Waals surface area (Å²) in [6.07, 6.45) is 0. The summed E-state index contributed by atoms with van der Waals surface area (Å²) >= 11 is 0. The van der Waals surface area contributed by atoms with E-state index in [0.29, 0.717) is 17.9 Å². The van der Waals surface area contributed by atoms with Crippen LogP contribution in [-0.4, -0.2) is 14.3 Å². The van der Waals surface area contributed by atoms with Crippen LogP contribution in [0.2, 0.25) is 0 Å². The Morgan fingerprint density at radius 1 is 1.05 bits per heavy atom. The molecule has 0 atom stereocenters. The third-order valence-corrected chi connectivity index (χ3v) is 4.29. The van der Waals surface area contributed by atoms with Gasteiger partial charge in [-0.15, -0.1) is 4.40 Å². The van der Waals surface area contributed by atoms with Gasteiger partial charge in [-0.05, 0) is 29.8 Å². The summed E-state index contributed by atoms with van der Waals surface area (Å²) in [7, 11) is -3.64. The first-order valence-electron chi connectivity index (χ1n) is 6.01. The molecule has 5 nitrogen and oxygen atoms in total. The second kappa shape index (κ2) is 4.73. The van der Waals surface area contributed by atoms with E-state index in [1.54, 1.807) is 30.3 Å². The summed E-state index contributed by atoms with van der Waals surface area (Å²) in [6, 6.07) is 13.7. The van der Waals surface area contributed by atoms with Gasteiger partial charge in [0.1, 0.15) is 10.6 Å². The summed E-state index contributed by atoms with van der Waals surface area (Å²) < 4.78 is 33.0. The SMILES string of the molecule is NCc1ccc(OC2=NS(=O)(=O)c3ccccc32)cc1. The molecule has 102 valence electrons. The molecule has 0 radical (unpaired) electrons. The van der Waals surface area contributed by atoms with Crippen molar-refractivity contribution < 1.29 is 13.2 Å². The molecule has 2 aromatic rings. The van der Waals surface area contributed by atoms with E-state index in [1.807, 2.05) is 12.1 Å². The molecule has 0 amide bonds. The molecule has 20 heavy (non-hydrogen) atoms. The van der Waals surface area contributed by atoms with E-state index >= 15 is 0 Å². The number of sulfonamides is 1. The van der Waals surface area contributed by atoms with Gasteiger partial charge < -0.3 is 10.5 Å². The zero-order valence-corrected chi connectivity index (χ0v) is 11.3. The van der Waals surface area contributed by atoms with Crippen LogP contribution in [0.15, 0.2) is 57.8 Å². The quantitative estimate of drug-likeness (QED) is 0.911. The van der Waals surface area contributed by atoms with Crippen molar-refractivity contribution in [2.45, 2.75) is 11.4 Å². The van der Waals surface area contributed by atoms with E-state index in [1.165, 1.54) is 6.07 Å². The van der Waals surface area contributed by atoms with E-state index in [4.69, 9.17) is 10.5 Å². The van der Waals surface area contributed by atoms with Crippen LogP contribution in [0.5, 0.6) is 5.75 Å². The lowest BCUT2D eigenvalue weighted by molar-refractivity contribution is 0.553. The summed E-state index contributed by atoms with van der Waals surface area (Å²) in [4.78, 5) is 0.175. The minimum Gasteiger partial charge on any atom is -0.438 e. The number of nitrogens with two attached hydrogens (primary N) is 1. The Labute approximate surface area is 116 Å². The highest BCUT2D eigenvalue weighted by Crippen LogP contribution is 2.27. The summed E-state index contributed by atoms with van der Waals surface area (Å²) in [5, 5.41) is 0. The molecule has 2 aromatic carbocycles. The fourth-order valence-electron chi connectivity index (χ4n) is 1.95. The molecule has 0 aromatic heterocycles. The van der Waals surface area contributed by atoms with Gasteiger partial charge in [0.2, 0.25) is 5.90 Å². The normalized spacial score (nSPS) is 15.6. The van der Waals surface area contributed by atoms with Crippen LogP contribution in [0.1, 0.15) is 11.1 Å². The highest BCUT2D eigenvalue weighted by molar-refractivity contribution is 7.90. The largest absolute Gasteiger partial charge is 0.438 e. The Balaban J connectivity index is 1.95. The predicted molar refractivity (Wildman–Crippen MR) is 75.1 cm³/mol. The summed E-state index contributed by atoms with van der Waals surface area (Å²) in [5.41, 5.74) is 6.97. The minimum atomic E-state index is -3.64. The Morgan fingerprint density at radius 2 is 1.75 bits per heavy atom. The van der Waals surface area contributed by atoms with Gasteiger partial charge in [0, 0.05) is 6.54 Å². The molecular formula is C14H12N2O3S. The van der Waals surface area contributed by atoms with Crippen molar-refractivity contribution in [1.29, 1.82) is 0 Å². The Kier molecular flexibility index (Phi) is 3.04. The number of nitrogens with zero attached hydrogens (tertiary/aromatic N) is 1. The van der Waals surface area contributed by atoms with E-state index < -0.39 is 10.0 Å². The van der Waals surface area contributed by atoms with Gasteiger partial charge in [-0.3, -0.25) is 0 Å². The maximum absolute atomic E-state index is 11.9. The molecule has 0 aliphatic carbocycles. The van der Waals surface area contributed by atoms with Crippen LogP contribution in [0.4, 0.5) is 0 Å². The predicted octanol–water partition coefficient (Wildman–Crippen LogP) is 1.67. The number of hydrogen-bond acceptors (Lipinski definition) is 4. The van der Waals surface area contributed by atoms with Gasteiger partial charge in [0.05, 0.1) is 5.56 Å². The molecule has 0 saturated heterocycles. The van der Waals surface area contributed by atoms with Crippen LogP contribution in [-0.2, 0) is 16.6 Å². The highest BCUT2D eigenvalue weighted by Gasteiger charge is 2.29. The number of rotatable bonds is 2. The van der Waals surface area contributed by atoms with Crippen LogP contribution in [0.25, 0.3) is 0 Å². The Bertz CT molecular complexity index is 780. The number of ether oxygens (including phenoxy) is 1. The van der Waals surface area contributed by atoms with E-state index in [9.17, 15) is 8.42 Å². The lowest BCUT2D eigenvalue weighted by Crippen LogP contribution is -2.07. The third-order valence-electron chi connectivity index (χ3n) is 2.97. The Morgan fingerprint density at radius 3 is 2.45 bits per heavy atom. The van der Waals surface area contributed by atoms with E-state index in [0.717, 1.165) is 5.56 Å². The maximum atomic E-state index is 11.9. The molecule has 0 spiro atoms. The van der Waals surface area contributed by atoms with Crippen molar-refractivity contribution in [3.05, 3.63) is 59.7 Å². The van der Waals surface area contributed by atoms with E-state index in [-0.39, 0.29) is 10.8 Å². The van der Waals surface area contributed by atoms with Crippen LogP contribution in [0.3, 0.4) is 0 Å². The van der Waals surface area contributed by atoms with Crippen molar-refractivity contribution in [2.75, 3.05) is 0 Å². The lowest BCUT2D eigenvalue weighted by Gasteiger charge is -2.06. The molecule has 0 bridgehead atoms. The van der Waals surface area contributed by atoms with Gasteiger partial charge >= 0.3 is 0 Å². The number of fused-ring (bicyclic) bond motifs is 1. The molecule has 1 heterocycles. The first kappa shape index (κ1) is 12.8. The van der Waals surface area contributed by atoms with Crippen LogP contribution in [0, 0.1) is 0 Å². The fourth-order valence-corrected chi connectivity index (χ4v) is 3.09. The minimum absolute atomic E-state index is 0.0982. The van der Waals surface area contributed by atoms with E-state index in [2.05, 4.69) is 4.40 Å². The highest BCUT2D eigenvalue weighted by atomic mass is 32.2. The maximum Gasteiger partial charge on any atom is 0.286 e. The zero-order chi connectivity index (χ0) is 14.2. The van der Waals surface area contributed by atoms with Crippen molar-refractivity contribution >= 4 is 15.9 Å². The van der Waals surface area contributed by atoms with Crippen molar-refractivity contribution in [1.82, 2.24) is 0 Å². The Hall–Kier alpha value is -2.18. The second-order valence-corrected chi connectivity index (χ2v) is 5.89. The molecule has 0 saturated carbocycles. The first-order valence-corrected chi connectivity index (χ1v) is 7.45. The number of hydrogen-bond donors (Lipinski definition) is 1. The molecular weight excluding hydrogens is 276 g/mol. The average Bonchev–Trinajstić information content (AvgIpc) is 2.72. The monoisotopic (exact) mass is 288 g/mol. The topological polar surface area (TPSA) is 81.8 Å². The number of benzene rings is 2. The molecule has 1 aliphatic heterocycles. The molecule has 6 heteroatoms. The van der Waals surface area contributed by atoms with Crippen LogP contribution >= 0.6 is 0 Å². The summed E-state index contributed by atoms with van der Waals surface area (Å²) in [6.45, 7) is 0.443. The van der Waals surface area contributed by atoms with Crippen molar-refractivity contribution in [3.63, 3.8) is 0 Å². The fraction of sp³-hybridized carbons (Fsp3) is 0.0714. The summed E-state index contributed by atoms with van der Waals surface area (Å²) in [5.74, 6) is 0.619. The third kappa shape index (κ3) is 2.19. The molecule has 0 fully saturated rings. The van der Waals surface area contributed by atoms with Crippen molar-refractivity contribution in [3.8, 4) is 5.75 Å². The molecule has 2 N–H and O–H groups in total. The molecule has 3 rings (SSSR count). The lowest BCUT2D eigenvalue weighted by atomic mass is 10.2. The standard InChI is InChI=1S/C14H12N2O3S/c15-9-10-5-7-11(8-6-10)19-14-12-3-1-2-4-13(12)20(17,18)16-14/h1-8H,9,15H2.